The molecular weight excluding hydrogens is 357 g/mol. The van der Waals surface area contributed by atoms with Gasteiger partial charge in [-0.05, 0) is 6.07 Å². The molecule has 1 amide bonds. The van der Waals surface area contributed by atoms with Gasteiger partial charge in [0.1, 0.15) is 5.75 Å². The van der Waals surface area contributed by atoms with Gasteiger partial charge in [-0.1, -0.05) is 23.2 Å². The van der Waals surface area contributed by atoms with E-state index in [2.05, 4.69) is 5.10 Å². The van der Waals surface area contributed by atoms with Crippen LogP contribution in [-0.2, 0) is 11.8 Å². The molecule has 2 N–H and O–H groups in total. The Hall–Kier alpha value is -2.13. The molecule has 0 atom stereocenters. The number of halogens is 4. The Labute approximate surface area is 138 Å². The van der Waals surface area contributed by atoms with Crippen LogP contribution in [0.15, 0.2) is 16.9 Å². The molecule has 23 heavy (non-hydrogen) atoms. The molecule has 0 saturated carbocycles. The molecule has 1 aromatic carbocycles. The van der Waals surface area contributed by atoms with E-state index in [1.807, 2.05) is 0 Å². The number of nitrogens with two attached hydrogens (primary N) is 1. The minimum absolute atomic E-state index is 0.000941. The molecule has 1 aromatic heterocycles. The zero-order valence-corrected chi connectivity index (χ0v) is 13.1. The maximum Gasteiger partial charge on any atom is 0.350 e. The van der Waals surface area contributed by atoms with E-state index in [1.165, 1.54) is 12.1 Å². The summed E-state index contributed by atoms with van der Waals surface area (Å²) in [4.78, 5) is 22.8. The smallest absolute Gasteiger partial charge is 0.350 e. The lowest BCUT2D eigenvalue weighted by atomic mass is 10.3. The number of hydrogen-bond donors (Lipinski definition) is 1. The molecule has 7 nitrogen and oxygen atoms in total. The average molecular weight is 367 g/mol. The first-order valence-electron chi connectivity index (χ1n) is 6.07. The van der Waals surface area contributed by atoms with Crippen molar-refractivity contribution in [1.82, 2.24) is 14.3 Å². The quantitative estimate of drug-likeness (QED) is 0.871. The Morgan fingerprint density at radius 2 is 2.04 bits per heavy atom. The topological polar surface area (TPSA) is 92.1 Å². The van der Waals surface area contributed by atoms with E-state index in [0.717, 1.165) is 7.05 Å². The molecule has 0 aliphatic carbocycles. The summed E-state index contributed by atoms with van der Waals surface area (Å²) in [5.74, 6) is -1.46. The fourth-order valence-electron chi connectivity index (χ4n) is 1.74. The van der Waals surface area contributed by atoms with E-state index in [-0.39, 0.29) is 21.5 Å². The van der Waals surface area contributed by atoms with E-state index in [4.69, 9.17) is 33.7 Å². The number of ether oxygens (including phenoxy) is 1. The normalized spacial score (nSPS) is 11.0. The lowest BCUT2D eigenvalue weighted by Gasteiger charge is -2.10. The largest absolute Gasteiger partial charge is 0.482 e. The Balaban J connectivity index is 2.55. The number of primary amides is 1. The highest BCUT2D eigenvalue weighted by atomic mass is 35.5. The third-order valence-corrected chi connectivity index (χ3v) is 3.41. The second-order valence-corrected chi connectivity index (χ2v) is 5.22. The predicted octanol–water partition coefficient (Wildman–Crippen LogP) is 1.68. The highest BCUT2D eigenvalue weighted by molar-refractivity contribution is 6.36. The Bertz CT molecular complexity index is 819. The summed E-state index contributed by atoms with van der Waals surface area (Å²) in [6.45, 7) is -0.458. The first kappa shape index (κ1) is 17.2. The van der Waals surface area contributed by atoms with Gasteiger partial charge in [0.15, 0.2) is 6.61 Å². The number of carbonyl (C=O) groups is 1. The minimum atomic E-state index is -2.94. The van der Waals surface area contributed by atoms with Crippen molar-refractivity contribution in [1.29, 1.82) is 0 Å². The van der Waals surface area contributed by atoms with E-state index in [0.29, 0.717) is 9.25 Å². The van der Waals surface area contributed by atoms with Crippen LogP contribution in [0.3, 0.4) is 0 Å². The second kappa shape index (κ2) is 6.55. The molecule has 11 heteroatoms. The molecule has 124 valence electrons. The average Bonchev–Trinajstić information content (AvgIpc) is 2.74. The number of benzene rings is 1. The molecule has 0 aliphatic rings. The van der Waals surface area contributed by atoms with Crippen molar-refractivity contribution in [3.05, 3.63) is 38.5 Å². The summed E-state index contributed by atoms with van der Waals surface area (Å²) >= 11 is 11.9. The summed E-state index contributed by atoms with van der Waals surface area (Å²) < 4.78 is 32.1. The number of hydrogen-bond acceptors (Lipinski definition) is 4. The van der Waals surface area contributed by atoms with Gasteiger partial charge in [0, 0.05) is 13.1 Å². The van der Waals surface area contributed by atoms with Gasteiger partial charge in [0.25, 0.3) is 12.3 Å². The molecule has 1 heterocycles. The van der Waals surface area contributed by atoms with Crippen LogP contribution >= 0.6 is 23.2 Å². The zero-order chi connectivity index (χ0) is 17.3. The maximum atomic E-state index is 12.8. The first-order valence-corrected chi connectivity index (χ1v) is 6.82. The van der Waals surface area contributed by atoms with Crippen LogP contribution in [0.25, 0.3) is 5.69 Å². The molecule has 0 saturated heterocycles. The monoisotopic (exact) mass is 366 g/mol. The first-order chi connectivity index (χ1) is 10.7. The number of amides is 1. The zero-order valence-electron chi connectivity index (χ0n) is 11.6. The van der Waals surface area contributed by atoms with Gasteiger partial charge in [-0.3, -0.25) is 9.36 Å². The van der Waals surface area contributed by atoms with Gasteiger partial charge in [-0.15, -0.1) is 5.10 Å². The maximum absolute atomic E-state index is 12.8. The molecule has 2 rings (SSSR count). The SMILES string of the molecule is Cn1c(C(F)F)nn(-c2cc(OCC(N)=O)c(Cl)cc2Cl)c1=O. The van der Waals surface area contributed by atoms with Crippen molar-refractivity contribution >= 4 is 29.1 Å². The number of rotatable bonds is 5. The van der Waals surface area contributed by atoms with Crippen molar-refractivity contribution < 1.29 is 18.3 Å². The Morgan fingerprint density at radius 1 is 1.39 bits per heavy atom. The van der Waals surface area contributed by atoms with Crippen molar-refractivity contribution in [2.24, 2.45) is 12.8 Å². The predicted molar refractivity (Wildman–Crippen MR) is 78.5 cm³/mol. The molecule has 0 aliphatic heterocycles. The van der Waals surface area contributed by atoms with Crippen LogP contribution in [0.2, 0.25) is 10.0 Å². The van der Waals surface area contributed by atoms with Crippen LogP contribution in [0, 0.1) is 0 Å². The van der Waals surface area contributed by atoms with E-state index in [9.17, 15) is 18.4 Å². The summed E-state index contributed by atoms with van der Waals surface area (Å²) in [6, 6.07) is 2.44. The fraction of sp³-hybridized carbons (Fsp3) is 0.250. The van der Waals surface area contributed by atoms with E-state index < -0.39 is 30.5 Å². The lowest BCUT2D eigenvalue weighted by Crippen LogP contribution is -2.23. The molecule has 0 unspecified atom stereocenters. The standard InChI is InChI=1S/C12H10Cl2F2N4O3/c1-19-11(10(15)16)18-20(12(19)22)7-3-8(23-4-9(17)21)6(14)2-5(7)13/h2-3,10H,4H2,1H3,(H2,17,21). The van der Waals surface area contributed by atoms with Crippen molar-refractivity contribution in [2.75, 3.05) is 6.61 Å². The summed E-state index contributed by atoms with van der Waals surface area (Å²) in [5.41, 5.74) is 4.11. The molecule has 0 spiro atoms. The Morgan fingerprint density at radius 3 is 2.57 bits per heavy atom. The third-order valence-electron chi connectivity index (χ3n) is 2.81. The van der Waals surface area contributed by atoms with Gasteiger partial charge in [0.05, 0.1) is 15.7 Å². The van der Waals surface area contributed by atoms with Gasteiger partial charge in [-0.25, -0.2) is 13.6 Å². The molecule has 0 bridgehead atoms. The third kappa shape index (κ3) is 3.45. The van der Waals surface area contributed by atoms with Crippen LogP contribution in [0.5, 0.6) is 5.75 Å². The second-order valence-electron chi connectivity index (χ2n) is 4.40. The molecule has 0 fully saturated rings. The highest BCUT2D eigenvalue weighted by Crippen LogP contribution is 2.32. The number of carbonyl (C=O) groups excluding carboxylic acids is 1. The Kier molecular flexibility index (Phi) is 4.90. The van der Waals surface area contributed by atoms with Crippen molar-refractivity contribution in [3.63, 3.8) is 0 Å². The van der Waals surface area contributed by atoms with Crippen molar-refractivity contribution in [3.8, 4) is 11.4 Å². The summed E-state index contributed by atoms with van der Waals surface area (Å²) in [6.07, 6.45) is -2.94. The fourth-order valence-corrected chi connectivity index (χ4v) is 2.26. The number of alkyl halides is 2. The van der Waals surface area contributed by atoms with Gasteiger partial charge < -0.3 is 10.5 Å². The summed E-state index contributed by atoms with van der Waals surface area (Å²) in [7, 11) is 1.15. The van der Waals surface area contributed by atoms with Crippen LogP contribution < -0.4 is 16.2 Å². The van der Waals surface area contributed by atoms with Gasteiger partial charge >= 0.3 is 5.69 Å². The number of aromatic nitrogens is 3. The number of nitrogens with zero attached hydrogens (tertiary/aromatic N) is 3. The molecular formula is C12H10Cl2F2N4O3. The molecule has 2 aromatic rings. The highest BCUT2D eigenvalue weighted by Gasteiger charge is 2.21. The lowest BCUT2D eigenvalue weighted by molar-refractivity contribution is -0.119. The minimum Gasteiger partial charge on any atom is -0.482 e. The van der Waals surface area contributed by atoms with Crippen LogP contribution in [0.1, 0.15) is 12.2 Å². The van der Waals surface area contributed by atoms with Crippen molar-refractivity contribution in [2.45, 2.75) is 6.43 Å². The van der Waals surface area contributed by atoms with Gasteiger partial charge in [-0.2, -0.15) is 4.68 Å². The molecule has 0 radical (unpaired) electrons. The van der Waals surface area contributed by atoms with E-state index in [1.54, 1.807) is 0 Å². The van der Waals surface area contributed by atoms with E-state index >= 15 is 0 Å². The summed E-state index contributed by atoms with van der Waals surface area (Å²) in [5, 5.41) is 3.59. The van der Waals surface area contributed by atoms with Gasteiger partial charge in [0.2, 0.25) is 5.82 Å². The van der Waals surface area contributed by atoms with Crippen LogP contribution in [0.4, 0.5) is 8.78 Å². The van der Waals surface area contributed by atoms with Crippen LogP contribution in [-0.4, -0.2) is 26.9 Å².